The van der Waals surface area contributed by atoms with Gasteiger partial charge in [0.25, 0.3) is 0 Å². The van der Waals surface area contributed by atoms with Crippen molar-refractivity contribution in [2.24, 2.45) is 0 Å². The number of hydrogen-bond acceptors (Lipinski definition) is 3. The molecule has 5 aromatic carbocycles. The molecule has 0 radical (unpaired) electrons. The maximum Gasteiger partial charge on any atom is 0.341 e. The van der Waals surface area contributed by atoms with Crippen molar-refractivity contribution in [3.63, 3.8) is 0 Å². The largest absolute Gasteiger partial charge is 0.482 e. The molecule has 0 heterocycles. The first kappa shape index (κ1) is 29.5. The minimum atomic E-state index is -0.994. The molecule has 210 valence electrons. The van der Waals surface area contributed by atoms with Crippen molar-refractivity contribution in [1.82, 2.24) is 0 Å². The first-order valence-electron chi connectivity index (χ1n) is 13.4. The van der Waals surface area contributed by atoms with Gasteiger partial charge in [0.15, 0.2) is 6.61 Å². The van der Waals surface area contributed by atoms with E-state index < -0.39 is 5.97 Å². The highest BCUT2D eigenvalue weighted by molar-refractivity contribution is 7.99. The van der Waals surface area contributed by atoms with Gasteiger partial charge in [-0.15, -0.1) is 11.8 Å². The lowest BCUT2D eigenvalue weighted by Gasteiger charge is -2.12. The lowest BCUT2D eigenvalue weighted by molar-refractivity contribution is -0.139. The third kappa shape index (κ3) is 7.65. The second kappa shape index (κ2) is 13.8. The van der Waals surface area contributed by atoms with Crippen molar-refractivity contribution in [2.75, 3.05) is 12.4 Å². The van der Waals surface area contributed by atoms with Crippen LogP contribution in [0.5, 0.6) is 5.75 Å². The van der Waals surface area contributed by atoms with E-state index >= 15 is 0 Å². The van der Waals surface area contributed by atoms with Crippen LogP contribution in [-0.4, -0.2) is 23.4 Å². The van der Waals surface area contributed by atoms with Crippen molar-refractivity contribution in [2.45, 2.75) is 11.8 Å². The number of ether oxygens (including phenoxy) is 1. The van der Waals surface area contributed by atoms with Crippen molar-refractivity contribution in [1.29, 1.82) is 0 Å². The number of thioether (sulfide) groups is 1. The molecule has 5 rings (SSSR count). The van der Waals surface area contributed by atoms with Gasteiger partial charge in [0, 0.05) is 20.7 Å². The summed E-state index contributed by atoms with van der Waals surface area (Å²) in [4.78, 5) is 11.9. The van der Waals surface area contributed by atoms with Gasteiger partial charge in [-0.3, -0.25) is 0 Å². The van der Waals surface area contributed by atoms with E-state index in [2.05, 4.69) is 66.7 Å². The number of carboxylic acid groups (broad SMARTS) is 1. The van der Waals surface area contributed by atoms with E-state index in [1.807, 2.05) is 61.5 Å². The molecule has 42 heavy (non-hydrogen) atoms. The first-order chi connectivity index (χ1) is 20.4. The molecule has 0 aliphatic heterocycles. The fraction of sp³-hybridized carbons (Fsp3) is 0.0833. The van der Waals surface area contributed by atoms with Crippen LogP contribution in [0.25, 0.3) is 27.8 Å². The Kier molecular flexibility index (Phi) is 9.70. The standard InChI is InChI=1S/C36H28Cl2O3S/c1-24-20-33(16-17-35(24)41-23-36(39)40)42-19-18-34(27-12-8-25(9-13-27)29-4-2-6-31(37)21-29)28-14-10-26(11-15-28)30-5-3-7-32(38)22-30/h2-18,20-22H,19,23H2,1H3,(H,39,40). The van der Waals surface area contributed by atoms with Crippen molar-refractivity contribution in [3.8, 4) is 28.0 Å². The Morgan fingerprint density at radius 1 is 0.738 bits per heavy atom. The lowest BCUT2D eigenvalue weighted by atomic mass is 9.94. The highest BCUT2D eigenvalue weighted by Gasteiger charge is 2.09. The molecule has 0 aromatic heterocycles. The van der Waals surface area contributed by atoms with Crippen LogP contribution < -0.4 is 4.74 Å². The van der Waals surface area contributed by atoms with Crippen LogP contribution in [0.3, 0.4) is 0 Å². The smallest absolute Gasteiger partial charge is 0.341 e. The maximum atomic E-state index is 10.9. The molecule has 0 unspecified atom stereocenters. The number of benzene rings is 5. The van der Waals surface area contributed by atoms with Gasteiger partial charge in [-0.05, 0) is 93.9 Å². The molecule has 6 heteroatoms. The van der Waals surface area contributed by atoms with Gasteiger partial charge in [-0.2, -0.15) is 0 Å². The van der Waals surface area contributed by atoms with Crippen LogP contribution in [0, 0.1) is 6.92 Å². The van der Waals surface area contributed by atoms with Gasteiger partial charge in [-0.1, -0.05) is 102 Å². The number of aryl methyl sites for hydroxylation is 1. The van der Waals surface area contributed by atoms with E-state index in [9.17, 15) is 4.79 Å². The summed E-state index contributed by atoms with van der Waals surface area (Å²) in [6.45, 7) is 1.57. The summed E-state index contributed by atoms with van der Waals surface area (Å²) < 4.78 is 5.37. The number of hydrogen-bond donors (Lipinski definition) is 1. The Bertz CT molecular complexity index is 1640. The summed E-state index contributed by atoms with van der Waals surface area (Å²) in [6, 6.07) is 38.6. The Labute approximate surface area is 260 Å². The van der Waals surface area contributed by atoms with Crippen molar-refractivity contribution >= 4 is 46.5 Å². The van der Waals surface area contributed by atoms with Crippen LogP contribution in [0.2, 0.25) is 10.0 Å². The number of carbonyl (C=O) groups is 1. The van der Waals surface area contributed by atoms with Gasteiger partial charge in [0.05, 0.1) is 0 Å². The van der Waals surface area contributed by atoms with Crippen molar-refractivity contribution in [3.05, 3.63) is 148 Å². The number of carboxylic acids is 1. The van der Waals surface area contributed by atoms with E-state index in [1.165, 1.54) is 0 Å². The average Bonchev–Trinajstić information content (AvgIpc) is 2.99. The molecule has 0 saturated carbocycles. The van der Waals surface area contributed by atoms with Gasteiger partial charge < -0.3 is 9.84 Å². The molecule has 0 saturated heterocycles. The van der Waals surface area contributed by atoms with Crippen LogP contribution in [0.15, 0.2) is 126 Å². The molecule has 0 atom stereocenters. The van der Waals surface area contributed by atoms with Crippen LogP contribution in [0.1, 0.15) is 16.7 Å². The van der Waals surface area contributed by atoms with Crippen LogP contribution in [0.4, 0.5) is 0 Å². The average molecular weight is 612 g/mol. The van der Waals surface area contributed by atoms with Crippen LogP contribution in [-0.2, 0) is 4.79 Å². The van der Waals surface area contributed by atoms with E-state index in [-0.39, 0.29) is 6.61 Å². The minimum absolute atomic E-state index is 0.356. The lowest BCUT2D eigenvalue weighted by Crippen LogP contribution is -2.09. The molecule has 1 N–H and O–H groups in total. The monoisotopic (exact) mass is 610 g/mol. The predicted molar refractivity (Wildman–Crippen MR) is 176 cm³/mol. The van der Waals surface area contributed by atoms with Gasteiger partial charge in [0.1, 0.15) is 5.75 Å². The fourth-order valence-corrected chi connectivity index (χ4v) is 5.90. The van der Waals surface area contributed by atoms with E-state index in [0.29, 0.717) is 15.8 Å². The summed E-state index contributed by atoms with van der Waals surface area (Å²) in [5.74, 6) is 0.334. The summed E-state index contributed by atoms with van der Waals surface area (Å²) >= 11 is 14.2. The number of halogens is 2. The van der Waals surface area contributed by atoms with Crippen molar-refractivity contribution < 1.29 is 14.6 Å². The summed E-state index contributed by atoms with van der Waals surface area (Å²) in [7, 11) is 0. The molecule has 5 aromatic rings. The molecular formula is C36H28Cl2O3S. The Hall–Kier alpha value is -3.96. The normalized spacial score (nSPS) is 10.7. The zero-order valence-corrected chi connectivity index (χ0v) is 25.2. The quantitative estimate of drug-likeness (QED) is 0.160. The molecule has 0 spiro atoms. The summed E-state index contributed by atoms with van der Waals surface area (Å²) in [5.41, 5.74) is 8.63. The predicted octanol–water partition coefficient (Wildman–Crippen LogP) is 10.3. The van der Waals surface area contributed by atoms with Crippen LogP contribution >= 0.6 is 35.0 Å². The molecule has 0 aliphatic rings. The number of aliphatic carboxylic acids is 1. The Morgan fingerprint density at radius 2 is 1.29 bits per heavy atom. The van der Waals surface area contributed by atoms with E-state index in [1.54, 1.807) is 11.8 Å². The topological polar surface area (TPSA) is 46.5 Å². The number of rotatable bonds is 10. The van der Waals surface area contributed by atoms with E-state index in [0.717, 1.165) is 55.2 Å². The summed E-state index contributed by atoms with van der Waals surface area (Å²) in [6.07, 6.45) is 2.25. The third-order valence-electron chi connectivity index (χ3n) is 6.74. The zero-order chi connectivity index (χ0) is 29.5. The highest BCUT2D eigenvalue weighted by Crippen LogP contribution is 2.32. The molecule has 3 nitrogen and oxygen atoms in total. The molecule has 0 amide bonds. The maximum absolute atomic E-state index is 10.9. The fourth-order valence-electron chi connectivity index (χ4n) is 4.66. The Balaban J connectivity index is 1.41. The van der Waals surface area contributed by atoms with Gasteiger partial charge >= 0.3 is 5.97 Å². The molecule has 0 fully saturated rings. The Morgan fingerprint density at radius 3 is 1.76 bits per heavy atom. The third-order valence-corrected chi connectivity index (χ3v) is 8.13. The minimum Gasteiger partial charge on any atom is -0.482 e. The zero-order valence-electron chi connectivity index (χ0n) is 22.9. The van der Waals surface area contributed by atoms with Gasteiger partial charge in [0.2, 0.25) is 0 Å². The second-order valence-corrected chi connectivity index (χ2v) is 11.7. The summed E-state index contributed by atoms with van der Waals surface area (Å²) in [5, 5.41) is 10.3. The SMILES string of the molecule is Cc1cc(SCC=C(c2ccc(-c3cccc(Cl)c3)cc2)c2ccc(-c3cccc(Cl)c3)cc2)ccc1OCC(=O)O. The van der Waals surface area contributed by atoms with Gasteiger partial charge in [-0.25, -0.2) is 4.79 Å². The molecule has 0 bridgehead atoms. The first-order valence-corrected chi connectivity index (χ1v) is 15.1. The second-order valence-electron chi connectivity index (χ2n) is 9.71. The molecular weight excluding hydrogens is 583 g/mol. The highest BCUT2D eigenvalue weighted by atomic mass is 35.5. The van der Waals surface area contributed by atoms with E-state index in [4.69, 9.17) is 33.0 Å². The molecule has 0 aliphatic carbocycles.